The molecule has 1 amide bonds. The van der Waals surface area contributed by atoms with Crippen molar-refractivity contribution in [3.63, 3.8) is 0 Å². The van der Waals surface area contributed by atoms with Gasteiger partial charge in [-0.05, 0) is 36.6 Å². The van der Waals surface area contributed by atoms with Gasteiger partial charge in [-0.2, -0.15) is 21.6 Å². The number of non-ortho nitro benzene ring substituents is 1. The number of halogens is 3. The summed E-state index contributed by atoms with van der Waals surface area (Å²) in [5, 5.41) is 13.4. The first-order valence-electron chi connectivity index (χ1n) is 8.31. The minimum absolute atomic E-state index is 0.0133. The van der Waals surface area contributed by atoms with Crippen molar-refractivity contribution < 1.29 is 35.5 Å². The standard InChI is InChI=1S/C18H17F3N2O6S/c1-10-7-13(16(18(19,20)21)29-30(3,27)28)8-11(2)15(10)22-17(24)12-5-4-6-14(9-12)23(25)26/h4-9,16H,1-3H3,(H,22,24). The Morgan fingerprint density at radius 2 is 1.73 bits per heavy atom. The second-order valence-corrected chi connectivity index (χ2v) is 8.11. The Bertz CT molecular complexity index is 1080. The number of nitrogens with one attached hydrogen (secondary N) is 1. The summed E-state index contributed by atoms with van der Waals surface area (Å²) in [4.78, 5) is 22.6. The first-order chi connectivity index (χ1) is 13.7. The van der Waals surface area contributed by atoms with E-state index in [4.69, 9.17) is 0 Å². The monoisotopic (exact) mass is 446 g/mol. The van der Waals surface area contributed by atoms with Crippen LogP contribution in [0.1, 0.15) is 33.2 Å². The summed E-state index contributed by atoms with van der Waals surface area (Å²) < 4.78 is 66.7. The smallest absolute Gasteiger partial charge is 0.321 e. The van der Waals surface area contributed by atoms with Crippen molar-refractivity contribution in [1.29, 1.82) is 0 Å². The molecule has 2 rings (SSSR count). The van der Waals surface area contributed by atoms with Crippen molar-refractivity contribution in [3.05, 3.63) is 68.8 Å². The molecule has 0 aliphatic rings. The molecule has 0 saturated heterocycles. The van der Waals surface area contributed by atoms with E-state index in [1.165, 1.54) is 32.0 Å². The number of aryl methyl sites for hydroxylation is 2. The van der Waals surface area contributed by atoms with Crippen LogP contribution in [0.25, 0.3) is 0 Å². The molecular weight excluding hydrogens is 429 g/mol. The van der Waals surface area contributed by atoms with Crippen molar-refractivity contribution in [3.8, 4) is 0 Å². The molecule has 0 aliphatic heterocycles. The lowest BCUT2D eigenvalue weighted by Crippen LogP contribution is -2.26. The lowest BCUT2D eigenvalue weighted by Gasteiger charge is -2.22. The van der Waals surface area contributed by atoms with E-state index in [9.17, 15) is 36.5 Å². The summed E-state index contributed by atoms with van der Waals surface area (Å²) >= 11 is 0. The van der Waals surface area contributed by atoms with E-state index in [1.54, 1.807) is 0 Å². The number of nitrogens with zero attached hydrogens (tertiary/aromatic N) is 1. The Labute approximate surface area is 169 Å². The van der Waals surface area contributed by atoms with Crippen LogP contribution < -0.4 is 5.32 Å². The molecule has 0 bridgehead atoms. The van der Waals surface area contributed by atoms with Gasteiger partial charge in [0.15, 0.2) is 6.10 Å². The van der Waals surface area contributed by atoms with Crippen LogP contribution in [0.15, 0.2) is 36.4 Å². The highest BCUT2D eigenvalue weighted by Gasteiger charge is 2.44. The lowest BCUT2D eigenvalue weighted by molar-refractivity contribution is -0.384. The van der Waals surface area contributed by atoms with Crippen molar-refractivity contribution in [2.75, 3.05) is 11.6 Å². The predicted molar refractivity (Wildman–Crippen MR) is 102 cm³/mol. The number of benzene rings is 2. The Morgan fingerprint density at radius 1 is 1.17 bits per heavy atom. The van der Waals surface area contributed by atoms with Crippen LogP contribution in [0.5, 0.6) is 0 Å². The highest BCUT2D eigenvalue weighted by Crippen LogP contribution is 2.39. The number of carbonyl (C=O) groups is 1. The molecule has 0 radical (unpaired) electrons. The Hall–Kier alpha value is -2.99. The fourth-order valence-corrected chi connectivity index (χ4v) is 3.34. The number of alkyl halides is 3. The number of hydrogen-bond acceptors (Lipinski definition) is 6. The molecule has 162 valence electrons. The van der Waals surface area contributed by atoms with Crippen LogP contribution >= 0.6 is 0 Å². The average molecular weight is 446 g/mol. The quantitative estimate of drug-likeness (QED) is 0.407. The Morgan fingerprint density at radius 3 is 2.20 bits per heavy atom. The zero-order valence-electron chi connectivity index (χ0n) is 16.0. The Balaban J connectivity index is 2.39. The third-order valence-electron chi connectivity index (χ3n) is 3.98. The molecule has 0 aliphatic carbocycles. The van der Waals surface area contributed by atoms with Gasteiger partial charge in [-0.1, -0.05) is 18.2 Å². The van der Waals surface area contributed by atoms with Crippen molar-refractivity contribution in [1.82, 2.24) is 0 Å². The highest BCUT2D eigenvalue weighted by molar-refractivity contribution is 7.86. The minimum Gasteiger partial charge on any atom is -0.321 e. The van der Waals surface area contributed by atoms with E-state index in [0.29, 0.717) is 6.26 Å². The molecule has 0 aromatic heterocycles. The molecule has 1 N–H and O–H groups in total. The first kappa shape index (κ1) is 23.3. The van der Waals surface area contributed by atoms with Crippen LogP contribution in [0.4, 0.5) is 24.5 Å². The van der Waals surface area contributed by atoms with E-state index in [-0.39, 0.29) is 28.1 Å². The fourth-order valence-electron chi connectivity index (χ4n) is 2.77. The number of hydrogen-bond donors (Lipinski definition) is 1. The van der Waals surface area contributed by atoms with Crippen LogP contribution in [0.2, 0.25) is 0 Å². The van der Waals surface area contributed by atoms with Gasteiger partial charge in [0.05, 0.1) is 11.2 Å². The maximum atomic E-state index is 13.3. The molecule has 0 heterocycles. The summed E-state index contributed by atoms with van der Waals surface area (Å²) in [5.41, 5.74) is -0.130. The number of carbonyl (C=O) groups excluding carboxylic acids is 1. The van der Waals surface area contributed by atoms with Gasteiger partial charge in [0.1, 0.15) is 0 Å². The lowest BCUT2D eigenvalue weighted by atomic mass is 10.00. The maximum Gasteiger partial charge on any atom is 0.420 e. The minimum atomic E-state index is -4.99. The summed E-state index contributed by atoms with van der Waals surface area (Å²) in [6.45, 7) is 2.85. The summed E-state index contributed by atoms with van der Waals surface area (Å²) in [7, 11) is -4.40. The van der Waals surface area contributed by atoms with Crippen LogP contribution in [-0.4, -0.2) is 31.7 Å². The fraction of sp³-hybridized carbons (Fsp3) is 0.278. The Kier molecular flexibility index (Phi) is 6.52. The van der Waals surface area contributed by atoms with Crippen LogP contribution in [0.3, 0.4) is 0 Å². The number of anilines is 1. The van der Waals surface area contributed by atoms with E-state index in [1.807, 2.05) is 0 Å². The van der Waals surface area contributed by atoms with Gasteiger partial charge in [-0.3, -0.25) is 19.1 Å². The van der Waals surface area contributed by atoms with E-state index in [2.05, 4.69) is 9.50 Å². The van der Waals surface area contributed by atoms with Gasteiger partial charge in [0, 0.05) is 23.4 Å². The second-order valence-electron chi connectivity index (χ2n) is 6.51. The molecule has 1 unspecified atom stereocenters. The van der Waals surface area contributed by atoms with Gasteiger partial charge >= 0.3 is 6.18 Å². The predicted octanol–water partition coefficient (Wildman–Crippen LogP) is 4.04. The molecule has 2 aromatic rings. The first-order valence-corrected chi connectivity index (χ1v) is 10.1. The number of amides is 1. The van der Waals surface area contributed by atoms with Gasteiger partial charge in [-0.15, -0.1) is 0 Å². The van der Waals surface area contributed by atoms with Crippen molar-refractivity contribution >= 4 is 27.4 Å². The normalized spacial score (nSPS) is 13.0. The van der Waals surface area contributed by atoms with E-state index >= 15 is 0 Å². The molecule has 0 spiro atoms. The molecular formula is C18H17F3N2O6S. The number of rotatable bonds is 6. The highest BCUT2D eigenvalue weighted by atomic mass is 32.2. The topological polar surface area (TPSA) is 116 Å². The molecule has 1 atom stereocenters. The third kappa shape index (κ3) is 5.76. The van der Waals surface area contributed by atoms with Crippen LogP contribution in [0, 0.1) is 24.0 Å². The molecule has 0 fully saturated rings. The summed E-state index contributed by atoms with van der Waals surface area (Å²) in [6, 6.07) is 7.06. The third-order valence-corrected chi connectivity index (χ3v) is 4.53. The van der Waals surface area contributed by atoms with Gasteiger partial charge in [-0.25, -0.2) is 0 Å². The molecule has 2 aromatic carbocycles. The second kappa shape index (κ2) is 8.40. The van der Waals surface area contributed by atoms with Gasteiger partial charge < -0.3 is 5.32 Å². The van der Waals surface area contributed by atoms with Gasteiger partial charge in [0.2, 0.25) is 0 Å². The summed E-state index contributed by atoms with van der Waals surface area (Å²) in [5.74, 6) is -0.697. The maximum absolute atomic E-state index is 13.3. The molecule has 0 saturated carbocycles. The largest absolute Gasteiger partial charge is 0.420 e. The van der Waals surface area contributed by atoms with Crippen molar-refractivity contribution in [2.45, 2.75) is 26.1 Å². The molecule has 12 heteroatoms. The zero-order valence-corrected chi connectivity index (χ0v) is 16.8. The van der Waals surface area contributed by atoms with E-state index < -0.39 is 38.8 Å². The number of nitro groups is 1. The van der Waals surface area contributed by atoms with Crippen LogP contribution in [-0.2, 0) is 14.3 Å². The average Bonchev–Trinajstić information content (AvgIpc) is 2.61. The SMILES string of the molecule is Cc1cc(C(OS(C)(=O)=O)C(F)(F)F)cc(C)c1NC(=O)c1cccc([N+](=O)[O-])c1. The van der Waals surface area contributed by atoms with Gasteiger partial charge in [0.25, 0.3) is 21.7 Å². The molecule has 30 heavy (non-hydrogen) atoms. The summed E-state index contributed by atoms with van der Waals surface area (Å²) in [6.07, 6.45) is -7.18. The molecule has 8 nitrogen and oxygen atoms in total. The number of nitro benzene ring substituents is 1. The van der Waals surface area contributed by atoms with E-state index in [0.717, 1.165) is 18.2 Å². The zero-order chi connectivity index (χ0) is 22.9. The van der Waals surface area contributed by atoms with Crippen molar-refractivity contribution in [2.24, 2.45) is 0 Å².